The van der Waals surface area contributed by atoms with Crippen molar-refractivity contribution in [2.45, 2.75) is 12.5 Å². The van der Waals surface area contributed by atoms with E-state index in [2.05, 4.69) is 16.3 Å². The van der Waals surface area contributed by atoms with Crippen molar-refractivity contribution in [3.05, 3.63) is 35.3 Å². The van der Waals surface area contributed by atoms with Gasteiger partial charge in [0.15, 0.2) is 5.76 Å². The molecule has 1 saturated heterocycles. The van der Waals surface area contributed by atoms with Gasteiger partial charge in [-0.3, -0.25) is 4.79 Å². The van der Waals surface area contributed by atoms with Crippen LogP contribution in [0.25, 0.3) is 0 Å². The minimum absolute atomic E-state index is 0.0154. The monoisotopic (exact) mass is 218 g/mol. The van der Waals surface area contributed by atoms with Crippen LogP contribution in [-0.4, -0.2) is 37.0 Å². The fourth-order valence-corrected chi connectivity index (χ4v) is 2.65. The van der Waals surface area contributed by atoms with Crippen LogP contribution >= 0.6 is 0 Å². The highest BCUT2D eigenvalue weighted by Crippen LogP contribution is 2.38. The van der Waals surface area contributed by atoms with E-state index in [4.69, 9.17) is 4.74 Å². The number of nitrogens with zero attached hydrogens (tertiary/aromatic N) is 1. The Kier molecular flexibility index (Phi) is 2.02. The molecule has 3 rings (SSSR count). The Labute approximate surface area is 94.3 Å². The molecule has 0 saturated carbocycles. The quantitative estimate of drug-likeness (QED) is 0.698. The molecule has 0 bridgehead atoms. The summed E-state index contributed by atoms with van der Waals surface area (Å²) in [6.45, 7) is 1.58. The van der Waals surface area contributed by atoms with Crippen molar-refractivity contribution in [1.29, 1.82) is 0 Å². The number of rotatable bonds is 1. The molecule has 1 atom stereocenters. The standard InChI is InChI=1S/C12H14N2O2/c1-16-11-8-4-2-3-5-9(8)14-7-6-13-12(15)10(11)14/h2-4,9H,5-7H2,1H3,(H,13,15). The zero-order valence-electron chi connectivity index (χ0n) is 9.19. The van der Waals surface area contributed by atoms with Crippen LogP contribution in [0.15, 0.2) is 35.3 Å². The minimum Gasteiger partial charge on any atom is -0.494 e. The first-order valence-corrected chi connectivity index (χ1v) is 5.53. The lowest BCUT2D eigenvalue weighted by molar-refractivity contribution is -0.120. The number of allylic oxidation sites excluding steroid dienone is 2. The molecule has 0 radical (unpaired) electrons. The molecule has 1 fully saturated rings. The van der Waals surface area contributed by atoms with Crippen molar-refractivity contribution in [2.24, 2.45) is 0 Å². The molecule has 0 spiro atoms. The Morgan fingerprint density at radius 2 is 2.44 bits per heavy atom. The SMILES string of the molecule is COC1=C2C(=O)NCCN2C2CC=CC=C12. The van der Waals surface area contributed by atoms with Gasteiger partial charge in [-0.2, -0.15) is 0 Å². The largest absolute Gasteiger partial charge is 0.494 e. The van der Waals surface area contributed by atoms with Crippen molar-refractivity contribution < 1.29 is 9.53 Å². The Balaban J connectivity index is 2.11. The van der Waals surface area contributed by atoms with E-state index < -0.39 is 0 Å². The second-order valence-electron chi connectivity index (χ2n) is 4.13. The van der Waals surface area contributed by atoms with E-state index >= 15 is 0 Å². The van der Waals surface area contributed by atoms with Crippen LogP contribution in [0.1, 0.15) is 6.42 Å². The lowest BCUT2D eigenvalue weighted by Crippen LogP contribution is -2.47. The summed E-state index contributed by atoms with van der Waals surface area (Å²) in [5.74, 6) is 0.727. The average molecular weight is 218 g/mol. The third-order valence-corrected chi connectivity index (χ3v) is 3.33. The van der Waals surface area contributed by atoms with E-state index in [0.717, 1.165) is 24.3 Å². The van der Waals surface area contributed by atoms with Gasteiger partial charge < -0.3 is 15.0 Å². The summed E-state index contributed by atoms with van der Waals surface area (Å²) in [5.41, 5.74) is 1.84. The van der Waals surface area contributed by atoms with Gasteiger partial charge in [0.2, 0.25) is 0 Å². The van der Waals surface area contributed by atoms with E-state index in [0.29, 0.717) is 18.3 Å². The van der Waals surface area contributed by atoms with Gasteiger partial charge in [0, 0.05) is 18.7 Å². The number of methoxy groups -OCH3 is 1. The smallest absolute Gasteiger partial charge is 0.271 e. The maximum Gasteiger partial charge on any atom is 0.271 e. The first-order chi connectivity index (χ1) is 7.83. The van der Waals surface area contributed by atoms with E-state index in [1.165, 1.54) is 0 Å². The summed E-state index contributed by atoms with van der Waals surface area (Å²) in [6.07, 6.45) is 7.17. The predicted octanol–water partition coefficient (Wildman–Crippen LogP) is 0.545. The van der Waals surface area contributed by atoms with Gasteiger partial charge in [0.25, 0.3) is 5.91 Å². The van der Waals surface area contributed by atoms with Crippen LogP contribution in [-0.2, 0) is 9.53 Å². The summed E-state index contributed by atoms with van der Waals surface area (Å²) in [4.78, 5) is 14.0. The zero-order valence-corrected chi connectivity index (χ0v) is 9.19. The lowest BCUT2D eigenvalue weighted by Gasteiger charge is -2.32. The van der Waals surface area contributed by atoms with Crippen LogP contribution < -0.4 is 5.32 Å². The molecule has 0 aromatic rings. The molecule has 0 aromatic carbocycles. The van der Waals surface area contributed by atoms with Crippen molar-refractivity contribution in [1.82, 2.24) is 10.2 Å². The number of ether oxygens (including phenoxy) is 1. The summed E-state index contributed by atoms with van der Waals surface area (Å²) in [6, 6.07) is 0.293. The topological polar surface area (TPSA) is 41.6 Å². The Hall–Kier alpha value is -1.71. The Bertz CT molecular complexity index is 434. The van der Waals surface area contributed by atoms with Gasteiger partial charge in [-0.15, -0.1) is 0 Å². The molecule has 84 valence electrons. The molecule has 1 amide bonds. The lowest BCUT2D eigenvalue weighted by atomic mass is 9.99. The first kappa shape index (κ1) is 9.51. The normalized spacial score (nSPS) is 27.3. The van der Waals surface area contributed by atoms with Crippen LogP contribution in [0.2, 0.25) is 0 Å². The molecule has 1 unspecified atom stereocenters. The maximum atomic E-state index is 11.9. The maximum absolute atomic E-state index is 11.9. The molecule has 4 heteroatoms. The highest BCUT2D eigenvalue weighted by Gasteiger charge is 2.41. The number of carbonyl (C=O) groups excluding carboxylic acids is 1. The minimum atomic E-state index is -0.0154. The molecular weight excluding hydrogens is 204 g/mol. The number of hydrogen-bond acceptors (Lipinski definition) is 3. The Morgan fingerprint density at radius 1 is 1.56 bits per heavy atom. The number of carbonyl (C=O) groups is 1. The molecule has 3 aliphatic rings. The van der Waals surface area contributed by atoms with Crippen LogP contribution in [0.5, 0.6) is 0 Å². The van der Waals surface area contributed by atoms with Crippen molar-refractivity contribution in [3.8, 4) is 0 Å². The van der Waals surface area contributed by atoms with E-state index in [1.54, 1.807) is 7.11 Å². The molecule has 16 heavy (non-hydrogen) atoms. The molecule has 1 aliphatic carbocycles. The van der Waals surface area contributed by atoms with Gasteiger partial charge in [0.1, 0.15) is 5.70 Å². The van der Waals surface area contributed by atoms with Gasteiger partial charge >= 0.3 is 0 Å². The number of nitrogens with one attached hydrogen (secondary N) is 1. The van der Waals surface area contributed by atoms with E-state index in [1.807, 2.05) is 12.2 Å². The van der Waals surface area contributed by atoms with E-state index in [-0.39, 0.29) is 5.91 Å². The average Bonchev–Trinajstić information content (AvgIpc) is 2.65. The molecule has 4 nitrogen and oxygen atoms in total. The molecule has 0 aromatic heterocycles. The number of amides is 1. The summed E-state index contributed by atoms with van der Waals surface area (Å²) in [7, 11) is 1.63. The van der Waals surface area contributed by atoms with Crippen molar-refractivity contribution in [2.75, 3.05) is 20.2 Å². The van der Waals surface area contributed by atoms with Crippen molar-refractivity contribution >= 4 is 5.91 Å². The van der Waals surface area contributed by atoms with Crippen molar-refractivity contribution in [3.63, 3.8) is 0 Å². The summed E-state index contributed by atoms with van der Waals surface area (Å²) < 4.78 is 5.40. The number of piperazine rings is 1. The van der Waals surface area contributed by atoms with Gasteiger partial charge in [0.05, 0.1) is 13.2 Å². The van der Waals surface area contributed by atoms with Gasteiger partial charge in [-0.25, -0.2) is 0 Å². The molecule has 2 aliphatic heterocycles. The van der Waals surface area contributed by atoms with Gasteiger partial charge in [-0.1, -0.05) is 18.2 Å². The highest BCUT2D eigenvalue weighted by atomic mass is 16.5. The fourth-order valence-electron chi connectivity index (χ4n) is 2.65. The first-order valence-electron chi connectivity index (χ1n) is 5.53. The van der Waals surface area contributed by atoms with Crippen LogP contribution in [0, 0.1) is 0 Å². The third-order valence-electron chi connectivity index (χ3n) is 3.33. The summed E-state index contributed by atoms with van der Waals surface area (Å²) in [5, 5.41) is 2.86. The summed E-state index contributed by atoms with van der Waals surface area (Å²) >= 11 is 0. The Morgan fingerprint density at radius 3 is 3.25 bits per heavy atom. The van der Waals surface area contributed by atoms with Crippen LogP contribution in [0.3, 0.4) is 0 Å². The molecular formula is C12H14N2O2. The van der Waals surface area contributed by atoms with Crippen LogP contribution in [0.4, 0.5) is 0 Å². The van der Waals surface area contributed by atoms with E-state index in [9.17, 15) is 4.79 Å². The number of hydrogen-bond donors (Lipinski definition) is 1. The van der Waals surface area contributed by atoms with Gasteiger partial charge in [-0.05, 0) is 6.42 Å². The molecule has 1 N–H and O–H groups in total. The highest BCUT2D eigenvalue weighted by molar-refractivity contribution is 5.96. The second-order valence-corrected chi connectivity index (χ2v) is 4.13. The fraction of sp³-hybridized carbons (Fsp3) is 0.417. The third kappa shape index (κ3) is 1.13. The predicted molar refractivity (Wildman–Crippen MR) is 59.4 cm³/mol. The zero-order chi connectivity index (χ0) is 11.1. The molecule has 2 heterocycles. The number of fused-ring (bicyclic) bond motifs is 3. The second kappa shape index (κ2) is 3.40.